The van der Waals surface area contributed by atoms with Crippen molar-refractivity contribution in [1.82, 2.24) is 25.1 Å². The van der Waals surface area contributed by atoms with E-state index in [1.54, 1.807) is 0 Å². The van der Waals surface area contributed by atoms with Crippen LogP contribution in [0.3, 0.4) is 0 Å². The molecule has 1 atom stereocenters. The molecule has 2 aliphatic rings. The third-order valence-corrected chi connectivity index (χ3v) is 3.98. The second kappa shape index (κ2) is 6.60. The van der Waals surface area contributed by atoms with Gasteiger partial charge in [-0.2, -0.15) is 0 Å². The Labute approximate surface area is 119 Å². The van der Waals surface area contributed by atoms with Crippen molar-refractivity contribution in [3.63, 3.8) is 0 Å². The van der Waals surface area contributed by atoms with Gasteiger partial charge < -0.3 is 9.47 Å². The highest BCUT2D eigenvalue weighted by atomic mass is 16.7. The van der Waals surface area contributed by atoms with Crippen molar-refractivity contribution >= 4 is 0 Å². The van der Waals surface area contributed by atoms with E-state index in [4.69, 9.17) is 9.47 Å². The number of nitrogens with zero attached hydrogens (tertiary/aromatic N) is 5. The summed E-state index contributed by atoms with van der Waals surface area (Å²) in [6.45, 7) is 7.40. The Kier molecular flexibility index (Phi) is 4.59. The molecule has 1 unspecified atom stereocenters. The van der Waals surface area contributed by atoms with Crippen molar-refractivity contribution in [2.75, 3.05) is 26.3 Å². The molecular weight excluding hydrogens is 258 g/mol. The van der Waals surface area contributed by atoms with Crippen LogP contribution in [0, 0.1) is 5.92 Å². The number of rotatable bonds is 5. The SMILES string of the molecule is CCCn1nnnc1CN1CCCC(C2OCCO2)C1. The predicted molar refractivity (Wildman–Crippen MR) is 71.8 cm³/mol. The number of piperidine rings is 1. The van der Waals surface area contributed by atoms with Crippen molar-refractivity contribution in [3.05, 3.63) is 5.82 Å². The Morgan fingerprint density at radius 2 is 2.15 bits per heavy atom. The van der Waals surface area contributed by atoms with E-state index in [-0.39, 0.29) is 6.29 Å². The maximum Gasteiger partial charge on any atom is 0.165 e. The molecule has 1 aromatic rings. The summed E-state index contributed by atoms with van der Waals surface area (Å²) < 4.78 is 13.2. The summed E-state index contributed by atoms with van der Waals surface area (Å²) in [6.07, 6.45) is 3.40. The van der Waals surface area contributed by atoms with Crippen LogP contribution in [0.15, 0.2) is 0 Å². The van der Waals surface area contributed by atoms with Crippen molar-refractivity contribution in [2.24, 2.45) is 5.92 Å². The van der Waals surface area contributed by atoms with Crippen molar-refractivity contribution < 1.29 is 9.47 Å². The highest BCUT2D eigenvalue weighted by Gasteiger charge is 2.31. The number of likely N-dealkylation sites (tertiary alicyclic amines) is 1. The molecule has 3 heterocycles. The lowest BCUT2D eigenvalue weighted by molar-refractivity contribution is -0.101. The number of ether oxygens (including phenoxy) is 2. The third-order valence-electron chi connectivity index (χ3n) is 3.98. The maximum absolute atomic E-state index is 5.64. The zero-order chi connectivity index (χ0) is 13.8. The lowest BCUT2D eigenvalue weighted by Gasteiger charge is -2.34. The van der Waals surface area contributed by atoms with E-state index in [0.717, 1.165) is 51.6 Å². The first kappa shape index (κ1) is 13.9. The topological polar surface area (TPSA) is 65.3 Å². The molecule has 2 fully saturated rings. The smallest absolute Gasteiger partial charge is 0.165 e. The molecule has 0 radical (unpaired) electrons. The molecule has 112 valence electrons. The zero-order valence-electron chi connectivity index (χ0n) is 12.1. The minimum atomic E-state index is -0.00978. The molecule has 7 nitrogen and oxygen atoms in total. The molecule has 1 aromatic heterocycles. The summed E-state index contributed by atoms with van der Waals surface area (Å²) >= 11 is 0. The Balaban J connectivity index is 1.57. The molecule has 3 rings (SSSR count). The summed E-state index contributed by atoms with van der Waals surface area (Å²) in [7, 11) is 0. The quantitative estimate of drug-likeness (QED) is 0.790. The van der Waals surface area contributed by atoms with Crippen LogP contribution in [-0.2, 0) is 22.6 Å². The van der Waals surface area contributed by atoms with Crippen molar-refractivity contribution in [3.8, 4) is 0 Å². The number of tetrazole rings is 1. The fraction of sp³-hybridized carbons (Fsp3) is 0.923. The normalized spacial score (nSPS) is 25.4. The van der Waals surface area contributed by atoms with Gasteiger partial charge in [0.05, 0.1) is 19.8 Å². The molecule has 0 aliphatic carbocycles. The monoisotopic (exact) mass is 281 g/mol. The largest absolute Gasteiger partial charge is 0.350 e. The van der Waals surface area contributed by atoms with E-state index >= 15 is 0 Å². The molecule has 2 aliphatic heterocycles. The fourth-order valence-corrected chi connectivity index (χ4v) is 3.03. The van der Waals surface area contributed by atoms with Crippen molar-refractivity contribution in [1.29, 1.82) is 0 Å². The first-order valence-corrected chi connectivity index (χ1v) is 7.57. The minimum Gasteiger partial charge on any atom is -0.350 e. The molecule has 0 bridgehead atoms. The number of hydrogen-bond acceptors (Lipinski definition) is 6. The van der Waals surface area contributed by atoms with E-state index in [2.05, 4.69) is 27.3 Å². The minimum absolute atomic E-state index is 0.00978. The average Bonchev–Trinajstić information content (AvgIpc) is 3.12. The van der Waals surface area contributed by atoms with E-state index in [1.165, 1.54) is 12.8 Å². The fourth-order valence-electron chi connectivity index (χ4n) is 3.03. The molecule has 0 N–H and O–H groups in total. The molecule has 0 amide bonds. The number of aryl methyl sites for hydroxylation is 1. The third kappa shape index (κ3) is 3.16. The van der Waals surface area contributed by atoms with Gasteiger partial charge in [0, 0.05) is 19.0 Å². The van der Waals surface area contributed by atoms with Gasteiger partial charge in [-0.25, -0.2) is 4.68 Å². The van der Waals surface area contributed by atoms with E-state index in [0.29, 0.717) is 5.92 Å². The van der Waals surface area contributed by atoms with Crippen LogP contribution in [0.25, 0.3) is 0 Å². The van der Waals surface area contributed by atoms with Gasteiger partial charge in [-0.05, 0) is 36.2 Å². The predicted octanol–water partition coefficient (Wildman–Crippen LogP) is 0.668. The Morgan fingerprint density at radius 1 is 1.30 bits per heavy atom. The summed E-state index contributed by atoms with van der Waals surface area (Å²) in [4.78, 5) is 2.41. The van der Waals surface area contributed by atoms with Gasteiger partial charge in [0.2, 0.25) is 0 Å². The van der Waals surface area contributed by atoms with Crippen LogP contribution in [0.4, 0.5) is 0 Å². The second-order valence-electron chi connectivity index (χ2n) is 5.57. The van der Waals surface area contributed by atoms with Gasteiger partial charge in [-0.15, -0.1) is 5.10 Å². The Morgan fingerprint density at radius 3 is 2.95 bits per heavy atom. The van der Waals surface area contributed by atoms with E-state index in [1.807, 2.05) is 4.68 Å². The first-order valence-electron chi connectivity index (χ1n) is 7.57. The summed E-state index contributed by atoms with van der Waals surface area (Å²) in [5.41, 5.74) is 0. The zero-order valence-corrected chi connectivity index (χ0v) is 12.1. The molecule has 0 saturated carbocycles. The van der Waals surface area contributed by atoms with Gasteiger partial charge in [0.15, 0.2) is 12.1 Å². The average molecular weight is 281 g/mol. The van der Waals surface area contributed by atoms with Gasteiger partial charge in [-0.1, -0.05) is 6.92 Å². The van der Waals surface area contributed by atoms with Crippen molar-refractivity contribution in [2.45, 2.75) is 45.6 Å². The van der Waals surface area contributed by atoms with E-state index in [9.17, 15) is 0 Å². The molecule has 7 heteroatoms. The van der Waals surface area contributed by atoms with Crippen LogP contribution in [0.2, 0.25) is 0 Å². The van der Waals surface area contributed by atoms with Crippen LogP contribution >= 0.6 is 0 Å². The lowest BCUT2D eigenvalue weighted by Crippen LogP contribution is -2.40. The van der Waals surface area contributed by atoms with Crippen LogP contribution in [-0.4, -0.2) is 57.7 Å². The standard InChI is InChI=1S/C13H23N5O2/c1-2-5-18-12(14-15-16-18)10-17-6-3-4-11(9-17)13-19-7-8-20-13/h11,13H,2-10H2,1H3. The van der Waals surface area contributed by atoms with E-state index < -0.39 is 0 Å². The van der Waals surface area contributed by atoms with Gasteiger partial charge in [0.25, 0.3) is 0 Å². The highest BCUT2D eigenvalue weighted by Crippen LogP contribution is 2.25. The van der Waals surface area contributed by atoms with Crippen LogP contribution in [0.1, 0.15) is 32.0 Å². The first-order chi connectivity index (χ1) is 9.86. The maximum atomic E-state index is 5.64. The van der Waals surface area contributed by atoms with Crippen LogP contribution in [0.5, 0.6) is 0 Å². The van der Waals surface area contributed by atoms with Gasteiger partial charge in [-0.3, -0.25) is 4.90 Å². The Hall–Kier alpha value is -1.05. The molecule has 0 spiro atoms. The molecule has 20 heavy (non-hydrogen) atoms. The van der Waals surface area contributed by atoms with Gasteiger partial charge >= 0.3 is 0 Å². The van der Waals surface area contributed by atoms with Gasteiger partial charge in [0.1, 0.15) is 0 Å². The lowest BCUT2D eigenvalue weighted by atomic mass is 9.97. The van der Waals surface area contributed by atoms with Crippen LogP contribution < -0.4 is 0 Å². The Bertz CT molecular complexity index is 419. The summed E-state index contributed by atoms with van der Waals surface area (Å²) in [6, 6.07) is 0. The molecular formula is C13H23N5O2. The summed E-state index contributed by atoms with van der Waals surface area (Å²) in [5.74, 6) is 1.43. The molecule has 2 saturated heterocycles. The number of hydrogen-bond donors (Lipinski definition) is 0. The highest BCUT2D eigenvalue weighted by molar-refractivity contribution is 4.84. The number of aromatic nitrogens is 4. The summed E-state index contributed by atoms with van der Waals surface area (Å²) in [5, 5.41) is 12.0. The second-order valence-corrected chi connectivity index (χ2v) is 5.57. The molecule has 0 aromatic carbocycles.